The van der Waals surface area contributed by atoms with Gasteiger partial charge in [-0.2, -0.15) is 0 Å². The fraction of sp³-hybridized carbons (Fsp3) is 0.143. The van der Waals surface area contributed by atoms with E-state index in [4.69, 9.17) is 15.0 Å². The third-order valence-electron chi connectivity index (χ3n) is 2.33. The quantitative estimate of drug-likeness (QED) is 0.658. The maximum Gasteiger partial charge on any atom is 0.330 e. The molecule has 0 heterocycles. The first-order chi connectivity index (χ1) is 13.0. The number of aliphatic carboxylic acids is 2. The third kappa shape index (κ3) is 30.2. The van der Waals surface area contributed by atoms with Gasteiger partial charge in [-0.05, 0) is 25.0 Å². The summed E-state index contributed by atoms with van der Waals surface area (Å²) >= 11 is 0. The van der Waals surface area contributed by atoms with Gasteiger partial charge in [-0.15, -0.1) is 0 Å². The second-order valence-electron chi connectivity index (χ2n) is 4.57. The first kappa shape index (κ1) is 32.0. The summed E-state index contributed by atoms with van der Waals surface area (Å²) < 4.78 is 0. The van der Waals surface area contributed by atoms with E-state index in [0.717, 1.165) is 6.08 Å². The number of primary amides is 1. The van der Waals surface area contributed by atoms with Crippen molar-refractivity contribution in [1.29, 1.82) is 0 Å². The standard InChI is InChI=1S/C8H8.C5H8O2.C4H6O2.C3H5NO.CH2O/c1-2-8-6-4-3-5-7-8;1-3-4(2)5(6)7;1-3(2)4(5)6;1-2-3(4)5;1-2/h2-7H,1H2;2-3H2,1H3,(H,6,7);1H2,2H3,(H,5,6);2H,1H2,(H2,4,5);1H2. The van der Waals surface area contributed by atoms with Crippen molar-refractivity contribution in [2.24, 2.45) is 5.73 Å². The van der Waals surface area contributed by atoms with E-state index in [1.54, 1.807) is 6.92 Å². The topological polar surface area (TPSA) is 135 Å². The Labute approximate surface area is 166 Å². The van der Waals surface area contributed by atoms with Crippen molar-refractivity contribution in [3.05, 3.63) is 79.4 Å². The number of carboxylic acids is 2. The number of carboxylic acid groups (broad SMARTS) is 2. The zero-order chi connectivity index (χ0) is 23.1. The molecule has 1 amide bonds. The second kappa shape index (κ2) is 23.3. The average Bonchev–Trinajstić information content (AvgIpc) is 2.70. The first-order valence-electron chi connectivity index (χ1n) is 7.71. The molecule has 0 atom stereocenters. The van der Waals surface area contributed by atoms with Gasteiger partial charge in [-0.1, -0.05) is 69.6 Å². The molecule has 0 fully saturated rings. The molecule has 0 bridgehead atoms. The number of hydrogen-bond donors (Lipinski definition) is 3. The van der Waals surface area contributed by atoms with Crippen LogP contribution in [0.5, 0.6) is 0 Å². The van der Waals surface area contributed by atoms with Crippen LogP contribution in [0.2, 0.25) is 0 Å². The van der Waals surface area contributed by atoms with Gasteiger partial charge in [0.2, 0.25) is 5.91 Å². The van der Waals surface area contributed by atoms with E-state index in [1.165, 1.54) is 12.5 Å². The fourth-order valence-corrected chi connectivity index (χ4v) is 0.740. The van der Waals surface area contributed by atoms with Gasteiger partial charge in [0, 0.05) is 11.1 Å². The highest BCUT2D eigenvalue weighted by Crippen LogP contribution is 1.97. The van der Waals surface area contributed by atoms with Gasteiger partial charge < -0.3 is 20.7 Å². The molecule has 28 heavy (non-hydrogen) atoms. The second-order valence-corrected chi connectivity index (χ2v) is 4.57. The van der Waals surface area contributed by atoms with Gasteiger partial charge in [0.25, 0.3) is 0 Å². The van der Waals surface area contributed by atoms with Crippen LogP contribution in [0, 0.1) is 0 Å². The molecule has 1 aromatic rings. The summed E-state index contributed by atoms with van der Waals surface area (Å²) in [7, 11) is 0. The van der Waals surface area contributed by atoms with E-state index in [0.29, 0.717) is 6.42 Å². The van der Waals surface area contributed by atoms with Crippen LogP contribution in [0.3, 0.4) is 0 Å². The van der Waals surface area contributed by atoms with E-state index in [9.17, 15) is 14.4 Å². The van der Waals surface area contributed by atoms with E-state index in [2.05, 4.69) is 32.0 Å². The Hall–Kier alpha value is -3.74. The van der Waals surface area contributed by atoms with Gasteiger partial charge in [-0.25, -0.2) is 9.59 Å². The molecule has 0 aliphatic rings. The minimum atomic E-state index is -0.935. The average molecular weight is 391 g/mol. The highest BCUT2D eigenvalue weighted by Gasteiger charge is 1.96. The van der Waals surface area contributed by atoms with Crippen molar-refractivity contribution in [3.8, 4) is 0 Å². The lowest BCUT2D eigenvalue weighted by atomic mass is 10.2. The summed E-state index contributed by atoms with van der Waals surface area (Å²) in [6, 6.07) is 10.0. The summed E-state index contributed by atoms with van der Waals surface area (Å²) in [5.41, 5.74) is 6.15. The molecule has 1 rings (SSSR count). The van der Waals surface area contributed by atoms with Crippen LogP contribution in [0.25, 0.3) is 6.08 Å². The highest BCUT2D eigenvalue weighted by molar-refractivity contribution is 5.85. The Kier molecular flexibility index (Phi) is 26.6. The molecule has 0 aromatic heterocycles. The Balaban J connectivity index is -0.000000135. The van der Waals surface area contributed by atoms with E-state index in [1.807, 2.05) is 43.2 Å². The van der Waals surface area contributed by atoms with Crippen molar-refractivity contribution >= 4 is 30.7 Å². The van der Waals surface area contributed by atoms with Crippen LogP contribution < -0.4 is 5.73 Å². The van der Waals surface area contributed by atoms with E-state index < -0.39 is 17.8 Å². The smallest absolute Gasteiger partial charge is 0.330 e. The van der Waals surface area contributed by atoms with Gasteiger partial charge in [0.1, 0.15) is 6.79 Å². The first-order valence-corrected chi connectivity index (χ1v) is 7.71. The van der Waals surface area contributed by atoms with Crippen LogP contribution in [0.15, 0.2) is 73.9 Å². The molecule has 1 aromatic carbocycles. The van der Waals surface area contributed by atoms with E-state index >= 15 is 0 Å². The minimum absolute atomic E-state index is 0.176. The van der Waals surface area contributed by atoms with Crippen molar-refractivity contribution in [3.63, 3.8) is 0 Å². The number of nitrogens with two attached hydrogens (primary N) is 1. The molecule has 0 saturated heterocycles. The molecule has 0 unspecified atom stereocenters. The Morgan fingerprint density at radius 1 is 1.00 bits per heavy atom. The predicted octanol–water partition coefficient (Wildman–Crippen LogP) is 3.49. The molecule has 0 spiro atoms. The molecular formula is C21H29NO6. The lowest BCUT2D eigenvalue weighted by Gasteiger charge is -1.87. The maximum atomic E-state index is 9.83. The van der Waals surface area contributed by atoms with Crippen LogP contribution in [0.4, 0.5) is 0 Å². The lowest BCUT2D eigenvalue weighted by Crippen LogP contribution is -2.04. The van der Waals surface area contributed by atoms with Crippen molar-refractivity contribution in [2.45, 2.75) is 20.3 Å². The van der Waals surface area contributed by atoms with Crippen LogP contribution in [-0.4, -0.2) is 34.8 Å². The molecule has 0 saturated carbocycles. The molecule has 0 radical (unpaired) electrons. The normalized spacial score (nSPS) is 7.36. The van der Waals surface area contributed by atoms with Crippen LogP contribution in [0.1, 0.15) is 25.8 Å². The lowest BCUT2D eigenvalue weighted by molar-refractivity contribution is -0.133. The summed E-state index contributed by atoms with van der Waals surface area (Å²) in [6.45, 7) is 18.4. The maximum absolute atomic E-state index is 9.83. The van der Waals surface area contributed by atoms with Gasteiger partial charge in [0.05, 0.1) is 0 Å². The van der Waals surface area contributed by atoms with Gasteiger partial charge in [0.15, 0.2) is 0 Å². The Morgan fingerprint density at radius 3 is 1.46 bits per heavy atom. The summed E-state index contributed by atoms with van der Waals surface area (Å²) in [5, 5.41) is 16.0. The molecule has 7 nitrogen and oxygen atoms in total. The monoisotopic (exact) mass is 391 g/mol. The molecule has 0 aliphatic heterocycles. The molecule has 154 valence electrons. The Morgan fingerprint density at radius 2 is 1.36 bits per heavy atom. The SMILES string of the molecule is C=C(C)C(=O)O.C=C(CC)C(=O)O.C=CC(N)=O.C=Cc1ccccc1.C=O. The van der Waals surface area contributed by atoms with Crippen LogP contribution in [-0.2, 0) is 19.2 Å². The number of rotatable bonds is 5. The van der Waals surface area contributed by atoms with Crippen LogP contribution >= 0.6 is 0 Å². The number of amides is 1. The number of hydrogen-bond acceptors (Lipinski definition) is 4. The largest absolute Gasteiger partial charge is 0.478 e. The van der Waals surface area contributed by atoms with Crippen molar-refractivity contribution in [2.75, 3.05) is 0 Å². The minimum Gasteiger partial charge on any atom is -0.478 e. The fourth-order valence-electron chi connectivity index (χ4n) is 0.740. The number of carbonyl (C=O) groups is 4. The zero-order valence-corrected chi connectivity index (χ0v) is 16.4. The summed E-state index contributed by atoms with van der Waals surface area (Å²) in [6.07, 6.45) is 3.41. The third-order valence-corrected chi connectivity index (χ3v) is 2.33. The molecular weight excluding hydrogens is 362 g/mol. The number of carbonyl (C=O) groups excluding carboxylic acids is 2. The van der Waals surface area contributed by atoms with Gasteiger partial charge >= 0.3 is 11.9 Å². The summed E-state index contributed by atoms with van der Waals surface area (Å²) in [4.78, 5) is 36.9. The predicted molar refractivity (Wildman–Crippen MR) is 113 cm³/mol. The summed E-state index contributed by atoms with van der Waals surface area (Å²) in [5.74, 6) is -2.32. The van der Waals surface area contributed by atoms with Gasteiger partial charge in [-0.3, -0.25) is 4.79 Å². The zero-order valence-electron chi connectivity index (χ0n) is 16.4. The molecule has 0 aliphatic carbocycles. The van der Waals surface area contributed by atoms with Crippen molar-refractivity contribution < 1.29 is 29.4 Å². The molecule has 7 heteroatoms. The van der Waals surface area contributed by atoms with Crippen molar-refractivity contribution in [1.82, 2.24) is 0 Å². The highest BCUT2D eigenvalue weighted by atomic mass is 16.4. The Bertz CT molecular complexity index is 624. The van der Waals surface area contributed by atoms with E-state index in [-0.39, 0.29) is 11.1 Å². The number of benzene rings is 1. The molecule has 4 N–H and O–H groups in total.